The summed E-state index contributed by atoms with van der Waals surface area (Å²) in [5.41, 5.74) is 0.923. The van der Waals surface area contributed by atoms with Crippen LogP contribution >= 0.6 is 0 Å². The van der Waals surface area contributed by atoms with E-state index in [4.69, 9.17) is 4.74 Å². The topological polar surface area (TPSA) is 103 Å². The van der Waals surface area contributed by atoms with Gasteiger partial charge in [-0.25, -0.2) is 17.2 Å². The minimum atomic E-state index is -4.54. The first-order valence-electron chi connectivity index (χ1n) is 16.4. The number of likely N-dealkylation sites (tertiary alicyclic amines) is 1. The van der Waals surface area contributed by atoms with Gasteiger partial charge in [-0.1, -0.05) is 18.8 Å². The van der Waals surface area contributed by atoms with Crippen molar-refractivity contribution >= 4 is 39.0 Å². The normalized spacial score (nSPS) is 20.2. The van der Waals surface area contributed by atoms with Crippen LogP contribution in [0.5, 0.6) is 5.75 Å². The van der Waals surface area contributed by atoms with Gasteiger partial charge in [-0.15, -0.1) is 0 Å². The molecule has 1 saturated heterocycles. The summed E-state index contributed by atoms with van der Waals surface area (Å²) in [6.45, 7) is 3.61. The van der Waals surface area contributed by atoms with Crippen LogP contribution in [0.2, 0.25) is 0 Å². The summed E-state index contributed by atoms with van der Waals surface area (Å²) in [6.07, 6.45) is -0.871. The van der Waals surface area contributed by atoms with Crippen LogP contribution in [0.25, 0.3) is 0 Å². The van der Waals surface area contributed by atoms with E-state index in [-0.39, 0.29) is 64.8 Å². The van der Waals surface area contributed by atoms with E-state index in [9.17, 15) is 35.2 Å². The summed E-state index contributed by atoms with van der Waals surface area (Å²) in [4.78, 5) is 22.1. The van der Waals surface area contributed by atoms with Gasteiger partial charge in [0.05, 0.1) is 41.2 Å². The third-order valence-corrected chi connectivity index (χ3v) is 10.2. The molecular formula is C35H44F5N5O4S. The van der Waals surface area contributed by atoms with Gasteiger partial charge in [0.1, 0.15) is 12.3 Å². The maximum Gasteiger partial charge on any atom is 0.405 e. The summed E-state index contributed by atoms with van der Waals surface area (Å²) in [5, 5.41) is 5.42. The highest BCUT2D eigenvalue weighted by Gasteiger charge is 2.39. The standard InChI is InChI=1S/C35H44F5N5O4S/c1-6-41-32-27(33(46)43-28-13-17-45(21-23(28)2)25-11-14-34(36,37)15-12-25)18-24(19-29(32)42-22-35(38,39)40)8-7-16-44(3)30-10-9-26(50(5,47)48)20-31(30)49-4/h6,9-10,18-20,23,25,28,42H,11-17,21-22H2,1-5H3,(H,43,46)/t23-,28-/m0/s1. The number of anilines is 2. The monoisotopic (exact) mass is 725 g/mol. The fourth-order valence-electron chi connectivity index (χ4n) is 6.39. The van der Waals surface area contributed by atoms with Crippen LogP contribution in [0.4, 0.5) is 39.0 Å². The smallest absolute Gasteiger partial charge is 0.405 e. The second-order valence-corrected chi connectivity index (χ2v) is 15.0. The highest BCUT2D eigenvalue weighted by Crippen LogP contribution is 2.37. The van der Waals surface area contributed by atoms with Crippen molar-refractivity contribution in [3.05, 3.63) is 41.5 Å². The number of rotatable bonds is 10. The first-order chi connectivity index (χ1) is 23.4. The number of aliphatic imine (C=N–C) groups is 1. The van der Waals surface area contributed by atoms with Gasteiger partial charge in [0.25, 0.3) is 5.91 Å². The number of nitrogens with one attached hydrogen (secondary N) is 2. The van der Waals surface area contributed by atoms with Crippen molar-refractivity contribution in [3.63, 3.8) is 0 Å². The maximum absolute atomic E-state index is 13.8. The van der Waals surface area contributed by atoms with Crippen molar-refractivity contribution in [1.82, 2.24) is 10.2 Å². The Morgan fingerprint density at radius 3 is 2.48 bits per heavy atom. The quantitative estimate of drug-likeness (QED) is 0.168. The number of carbonyl (C=O) groups is 1. The van der Waals surface area contributed by atoms with Gasteiger partial charge >= 0.3 is 6.18 Å². The van der Waals surface area contributed by atoms with Crippen LogP contribution in [0.1, 0.15) is 61.9 Å². The van der Waals surface area contributed by atoms with Crippen molar-refractivity contribution in [1.29, 1.82) is 0 Å². The minimum absolute atomic E-state index is 0.00177. The molecule has 2 fully saturated rings. The summed E-state index contributed by atoms with van der Waals surface area (Å²) >= 11 is 0. The molecule has 2 aromatic carbocycles. The van der Waals surface area contributed by atoms with Crippen molar-refractivity contribution < 1.29 is 39.9 Å². The zero-order chi connectivity index (χ0) is 36.9. The van der Waals surface area contributed by atoms with Gasteiger partial charge in [-0.05, 0) is 56.4 Å². The second-order valence-electron chi connectivity index (χ2n) is 13.0. The molecular weight excluding hydrogens is 681 g/mol. The molecule has 1 aliphatic carbocycles. The van der Waals surface area contributed by atoms with E-state index in [0.717, 1.165) is 6.26 Å². The van der Waals surface area contributed by atoms with E-state index in [2.05, 4.69) is 32.4 Å². The van der Waals surface area contributed by atoms with Crippen molar-refractivity contribution in [2.75, 3.05) is 56.8 Å². The molecule has 1 saturated carbocycles. The van der Waals surface area contributed by atoms with Gasteiger partial charge < -0.3 is 20.3 Å². The van der Waals surface area contributed by atoms with Crippen LogP contribution in [0, 0.1) is 17.8 Å². The predicted molar refractivity (Wildman–Crippen MR) is 185 cm³/mol. The lowest BCUT2D eigenvalue weighted by atomic mass is 9.87. The lowest BCUT2D eigenvalue weighted by Gasteiger charge is -2.43. The van der Waals surface area contributed by atoms with Crippen LogP contribution in [0.3, 0.4) is 0 Å². The van der Waals surface area contributed by atoms with Crippen LogP contribution in [0.15, 0.2) is 40.2 Å². The molecule has 4 rings (SSSR count). The number of sulfone groups is 1. The zero-order valence-corrected chi connectivity index (χ0v) is 29.6. The first kappa shape index (κ1) is 38.9. The lowest BCUT2D eigenvalue weighted by molar-refractivity contribution is -0.115. The molecule has 2 aliphatic rings. The Morgan fingerprint density at radius 2 is 1.88 bits per heavy atom. The second kappa shape index (κ2) is 16.0. The molecule has 50 heavy (non-hydrogen) atoms. The molecule has 1 aliphatic heterocycles. The molecule has 0 aromatic heterocycles. The maximum atomic E-state index is 13.8. The number of alkyl halides is 5. The Bertz CT molecular complexity index is 1730. The SMILES string of the molecule is CC=Nc1c(NCC(F)(F)F)cc(C#CCN(C)c2ccc(S(C)(=O)=O)cc2OC)cc1C(=O)N[C@H]1CCN(C2CCC(F)(F)CC2)C[C@@H]1C. The molecule has 9 nitrogen and oxygen atoms in total. The molecule has 274 valence electrons. The first-order valence-corrected chi connectivity index (χ1v) is 18.3. The number of benzene rings is 2. The number of hydrogen-bond donors (Lipinski definition) is 2. The molecule has 0 bridgehead atoms. The van der Waals surface area contributed by atoms with Gasteiger partial charge in [-0.2, -0.15) is 13.2 Å². The van der Waals surface area contributed by atoms with E-state index >= 15 is 0 Å². The summed E-state index contributed by atoms with van der Waals surface area (Å²) < 4.78 is 96.6. The van der Waals surface area contributed by atoms with E-state index < -0.39 is 34.4 Å². The number of hydrogen-bond acceptors (Lipinski definition) is 8. The Labute approximate surface area is 290 Å². The number of methoxy groups -OCH3 is 1. The van der Waals surface area contributed by atoms with Crippen molar-refractivity contribution in [2.24, 2.45) is 10.9 Å². The molecule has 1 heterocycles. The highest BCUT2D eigenvalue weighted by molar-refractivity contribution is 7.90. The number of ether oxygens (including phenoxy) is 1. The van der Waals surface area contributed by atoms with E-state index in [1.165, 1.54) is 37.6 Å². The molecule has 2 aromatic rings. The number of amides is 1. The van der Waals surface area contributed by atoms with Gasteiger partial charge in [0.2, 0.25) is 5.92 Å². The number of carbonyl (C=O) groups excluding carboxylic acids is 1. The van der Waals surface area contributed by atoms with Gasteiger partial charge in [0, 0.05) is 69.2 Å². The molecule has 15 heteroatoms. The Morgan fingerprint density at radius 1 is 1.18 bits per heavy atom. The Hall–Kier alpha value is -3.90. The average Bonchev–Trinajstić information content (AvgIpc) is 3.04. The highest BCUT2D eigenvalue weighted by atomic mass is 32.2. The molecule has 2 N–H and O–H groups in total. The zero-order valence-electron chi connectivity index (χ0n) is 28.8. The van der Waals surface area contributed by atoms with Crippen LogP contribution in [-0.4, -0.2) is 96.2 Å². The van der Waals surface area contributed by atoms with Crippen molar-refractivity contribution in [2.45, 2.75) is 75.0 Å². The number of piperidine rings is 1. The Balaban J connectivity index is 1.57. The van der Waals surface area contributed by atoms with Crippen LogP contribution in [-0.2, 0) is 9.84 Å². The molecule has 1 amide bonds. The molecule has 0 spiro atoms. The van der Waals surface area contributed by atoms with Crippen molar-refractivity contribution in [3.8, 4) is 17.6 Å². The fourth-order valence-corrected chi connectivity index (χ4v) is 7.02. The molecule has 0 unspecified atom stereocenters. The number of halogens is 5. The van der Waals surface area contributed by atoms with Crippen LogP contribution < -0.4 is 20.3 Å². The Kier molecular flexibility index (Phi) is 12.4. The average molecular weight is 726 g/mol. The molecule has 0 radical (unpaired) electrons. The largest absolute Gasteiger partial charge is 0.495 e. The van der Waals surface area contributed by atoms with E-state index in [0.29, 0.717) is 43.8 Å². The van der Waals surface area contributed by atoms with E-state index in [1.807, 2.05) is 6.92 Å². The minimum Gasteiger partial charge on any atom is -0.495 e. The summed E-state index contributed by atoms with van der Waals surface area (Å²) in [5.74, 6) is 3.10. The summed E-state index contributed by atoms with van der Waals surface area (Å²) in [7, 11) is -0.329. The lowest BCUT2D eigenvalue weighted by Crippen LogP contribution is -2.53. The van der Waals surface area contributed by atoms with Gasteiger partial charge in [0.15, 0.2) is 9.84 Å². The van der Waals surface area contributed by atoms with Gasteiger partial charge in [-0.3, -0.25) is 14.7 Å². The fraction of sp³-hybridized carbons (Fsp3) is 0.543. The van der Waals surface area contributed by atoms with E-state index in [1.54, 1.807) is 24.9 Å². The summed E-state index contributed by atoms with van der Waals surface area (Å²) in [6, 6.07) is 7.18. The molecule has 2 atom stereocenters. The number of nitrogens with zero attached hydrogens (tertiary/aromatic N) is 3. The predicted octanol–water partition coefficient (Wildman–Crippen LogP) is 6.30. The third-order valence-electron chi connectivity index (χ3n) is 9.09. The third kappa shape index (κ3) is 10.3.